The maximum Gasteiger partial charge on any atom is 0.227 e. The van der Waals surface area contributed by atoms with Crippen LogP contribution in [-0.2, 0) is 28.9 Å². The van der Waals surface area contributed by atoms with Gasteiger partial charge in [-0.1, -0.05) is 30.3 Å². The fraction of sp³-hybridized carbons (Fsp3) is 0.409. The summed E-state index contributed by atoms with van der Waals surface area (Å²) < 4.78 is 11.3. The standard InChI is InChI=1S/C22H25NO4/c24-20-6-2-1-4-18(20)14-23(15-19-5-3-10-26-19)22(25)13-16-7-8-21-17(12-16)9-11-27-21/h1-2,4,6-8,12,19,24H,3,5,9-11,13-15H2. The SMILES string of the molecule is O=C(Cc1ccc2c(c1)CCO2)N(Cc1ccccc1O)CC1CCCO1. The van der Waals surface area contributed by atoms with Gasteiger partial charge in [0.2, 0.25) is 5.91 Å². The van der Waals surface area contributed by atoms with Crippen molar-refractivity contribution < 1.29 is 19.4 Å². The lowest BCUT2D eigenvalue weighted by molar-refractivity contribution is -0.132. The van der Waals surface area contributed by atoms with Crippen LogP contribution < -0.4 is 4.74 Å². The molecule has 2 heterocycles. The van der Waals surface area contributed by atoms with Crippen molar-refractivity contribution >= 4 is 5.91 Å². The Morgan fingerprint density at radius 2 is 2.07 bits per heavy atom. The van der Waals surface area contributed by atoms with E-state index in [9.17, 15) is 9.90 Å². The number of aromatic hydroxyl groups is 1. The van der Waals surface area contributed by atoms with Crippen LogP contribution in [0.1, 0.15) is 29.5 Å². The minimum Gasteiger partial charge on any atom is -0.508 e. The number of fused-ring (bicyclic) bond motifs is 1. The molecule has 2 aliphatic rings. The second-order valence-electron chi connectivity index (χ2n) is 7.26. The molecule has 142 valence electrons. The predicted octanol–water partition coefficient (Wildman–Crippen LogP) is 3.08. The van der Waals surface area contributed by atoms with Gasteiger partial charge in [-0.05, 0) is 36.1 Å². The van der Waals surface area contributed by atoms with Gasteiger partial charge in [0.05, 0.1) is 19.1 Å². The third kappa shape index (κ3) is 4.25. The van der Waals surface area contributed by atoms with Crippen LogP contribution in [0, 0.1) is 0 Å². The van der Waals surface area contributed by atoms with E-state index in [0.717, 1.165) is 42.7 Å². The molecule has 27 heavy (non-hydrogen) atoms. The van der Waals surface area contributed by atoms with Crippen molar-refractivity contribution in [3.8, 4) is 11.5 Å². The van der Waals surface area contributed by atoms with Crippen molar-refractivity contribution in [2.75, 3.05) is 19.8 Å². The summed E-state index contributed by atoms with van der Waals surface area (Å²) in [4.78, 5) is 14.9. The quantitative estimate of drug-likeness (QED) is 0.852. The number of ether oxygens (including phenoxy) is 2. The molecule has 2 aliphatic heterocycles. The Balaban J connectivity index is 1.49. The monoisotopic (exact) mass is 367 g/mol. The number of phenols is 1. The minimum atomic E-state index is 0.0487. The lowest BCUT2D eigenvalue weighted by Gasteiger charge is -2.26. The third-order valence-electron chi connectivity index (χ3n) is 5.26. The summed E-state index contributed by atoms with van der Waals surface area (Å²) >= 11 is 0. The lowest BCUT2D eigenvalue weighted by Crippen LogP contribution is -2.37. The van der Waals surface area contributed by atoms with Gasteiger partial charge >= 0.3 is 0 Å². The molecule has 4 rings (SSSR count). The molecule has 1 saturated heterocycles. The van der Waals surface area contributed by atoms with E-state index >= 15 is 0 Å². The van der Waals surface area contributed by atoms with E-state index in [0.29, 0.717) is 26.1 Å². The smallest absolute Gasteiger partial charge is 0.227 e. The van der Waals surface area contributed by atoms with Gasteiger partial charge in [-0.25, -0.2) is 0 Å². The van der Waals surface area contributed by atoms with Crippen molar-refractivity contribution in [3.63, 3.8) is 0 Å². The Morgan fingerprint density at radius 3 is 2.89 bits per heavy atom. The minimum absolute atomic E-state index is 0.0487. The Bertz CT molecular complexity index is 814. The summed E-state index contributed by atoms with van der Waals surface area (Å²) in [5, 5.41) is 10.1. The predicted molar refractivity (Wildman–Crippen MR) is 102 cm³/mol. The third-order valence-corrected chi connectivity index (χ3v) is 5.26. The molecule has 1 unspecified atom stereocenters. The second-order valence-corrected chi connectivity index (χ2v) is 7.26. The molecule has 5 heteroatoms. The summed E-state index contributed by atoms with van der Waals surface area (Å²) in [6.07, 6.45) is 3.32. The molecule has 1 amide bonds. The van der Waals surface area contributed by atoms with Gasteiger partial charge in [0.15, 0.2) is 0 Å². The van der Waals surface area contributed by atoms with E-state index in [-0.39, 0.29) is 17.8 Å². The number of para-hydroxylation sites is 1. The van der Waals surface area contributed by atoms with E-state index in [1.165, 1.54) is 5.56 Å². The van der Waals surface area contributed by atoms with Gasteiger partial charge in [0.25, 0.3) is 0 Å². The molecule has 5 nitrogen and oxygen atoms in total. The van der Waals surface area contributed by atoms with Gasteiger partial charge < -0.3 is 19.5 Å². The zero-order valence-corrected chi connectivity index (χ0v) is 15.4. The first-order valence-corrected chi connectivity index (χ1v) is 9.60. The Morgan fingerprint density at radius 1 is 1.19 bits per heavy atom. The van der Waals surface area contributed by atoms with Crippen LogP contribution in [0.15, 0.2) is 42.5 Å². The van der Waals surface area contributed by atoms with Gasteiger partial charge in [-0.15, -0.1) is 0 Å². The molecule has 1 N–H and O–H groups in total. The van der Waals surface area contributed by atoms with Gasteiger partial charge in [0.1, 0.15) is 11.5 Å². The van der Waals surface area contributed by atoms with Crippen LogP contribution in [0.5, 0.6) is 11.5 Å². The van der Waals surface area contributed by atoms with Gasteiger partial charge in [-0.2, -0.15) is 0 Å². The zero-order chi connectivity index (χ0) is 18.6. The van der Waals surface area contributed by atoms with Gasteiger partial charge in [-0.3, -0.25) is 4.79 Å². The molecule has 1 atom stereocenters. The maximum absolute atomic E-state index is 13.1. The van der Waals surface area contributed by atoms with Crippen molar-refractivity contribution in [3.05, 3.63) is 59.2 Å². The molecule has 0 aromatic heterocycles. The largest absolute Gasteiger partial charge is 0.508 e. The highest BCUT2D eigenvalue weighted by atomic mass is 16.5. The summed E-state index contributed by atoms with van der Waals surface area (Å²) in [6, 6.07) is 13.2. The molecule has 0 radical (unpaired) electrons. The number of hydrogen-bond acceptors (Lipinski definition) is 4. The van der Waals surface area contributed by atoms with E-state index in [1.807, 2.05) is 29.2 Å². The van der Waals surface area contributed by atoms with Crippen molar-refractivity contribution in [2.45, 2.75) is 38.3 Å². The number of benzene rings is 2. The van der Waals surface area contributed by atoms with Crippen LogP contribution in [0.4, 0.5) is 0 Å². The highest BCUT2D eigenvalue weighted by molar-refractivity contribution is 5.79. The number of carbonyl (C=O) groups is 1. The first-order valence-electron chi connectivity index (χ1n) is 9.60. The van der Waals surface area contributed by atoms with Crippen molar-refractivity contribution in [1.82, 2.24) is 4.90 Å². The second kappa shape index (κ2) is 8.01. The Kier molecular flexibility index (Phi) is 5.30. The fourth-order valence-electron chi connectivity index (χ4n) is 3.78. The average molecular weight is 367 g/mol. The highest BCUT2D eigenvalue weighted by Crippen LogP contribution is 2.27. The van der Waals surface area contributed by atoms with E-state index < -0.39 is 0 Å². The highest BCUT2D eigenvalue weighted by Gasteiger charge is 2.24. The van der Waals surface area contributed by atoms with Crippen LogP contribution in [0.3, 0.4) is 0 Å². The van der Waals surface area contributed by atoms with E-state index in [4.69, 9.17) is 9.47 Å². The molecule has 0 aliphatic carbocycles. The number of rotatable bonds is 6. The average Bonchev–Trinajstić information content (AvgIpc) is 3.34. The Hall–Kier alpha value is -2.53. The molecular formula is C22H25NO4. The normalized spacial score (nSPS) is 18.1. The molecule has 0 bridgehead atoms. The van der Waals surface area contributed by atoms with Crippen molar-refractivity contribution in [1.29, 1.82) is 0 Å². The summed E-state index contributed by atoms with van der Waals surface area (Å²) in [6.45, 7) is 2.42. The number of carbonyl (C=O) groups excluding carboxylic acids is 1. The van der Waals surface area contributed by atoms with Gasteiger partial charge in [0, 0.05) is 31.7 Å². The molecule has 2 aromatic rings. The first kappa shape index (κ1) is 17.9. The van der Waals surface area contributed by atoms with Crippen LogP contribution in [0.25, 0.3) is 0 Å². The molecule has 1 fully saturated rings. The van der Waals surface area contributed by atoms with E-state index in [1.54, 1.807) is 12.1 Å². The first-order chi connectivity index (χ1) is 13.2. The lowest BCUT2D eigenvalue weighted by atomic mass is 10.0. The maximum atomic E-state index is 13.1. The van der Waals surface area contributed by atoms with E-state index in [2.05, 4.69) is 6.07 Å². The number of hydrogen-bond donors (Lipinski definition) is 1. The summed E-state index contributed by atoms with van der Waals surface area (Å²) in [7, 11) is 0. The fourth-order valence-corrected chi connectivity index (χ4v) is 3.78. The van der Waals surface area contributed by atoms with Crippen LogP contribution >= 0.6 is 0 Å². The van der Waals surface area contributed by atoms with Crippen LogP contribution in [0.2, 0.25) is 0 Å². The number of amides is 1. The summed E-state index contributed by atoms with van der Waals surface area (Å²) in [5.74, 6) is 1.20. The zero-order valence-electron chi connectivity index (χ0n) is 15.4. The number of phenolic OH excluding ortho intramolecular Hbond substituents is 1. The molecular weight excluding hydrogens is 342 g/mol. The summed E-state index contributed by atoms with van der Waals surface area (Å²) in [5.41, 5.74) is 2.93. The van der Waals surface area contributed by atoms with Crippen LogP contribution in [-0.4, -0.2) is 41.8 Å². The molecule has 0 spiro atoms. The molecule has 2 aromatic carbocycles. The topological polar surface area (TPSA) is 59.0 Å². The Labute approximate surface area is 159 Å². The van der Waals surface area contributed by atoms with Crippen molar-refractivity contribution in [2.24, 2.45) is 0 Å². The molecule has 0 saturated carbocycles. The number of nitrogens with zero attached hydrogens (tertiary/aromatic N) is 1.